The first-order chi connectivity index (χ1) is 9.79. The van der Waals surface area contributed by atoms with Crippen molar-refractivity contribution in [2.75, 3.05) is 0 Å². The third-order valence-electron chi connectivity index (χ3n) is 3.40. The van der Waals surface area contributed by atoms with Gasteiger partial charge in [-0.15, -0.1) is 10.2 Å². The van der Waals surface area contributed by atoms with E-state index in [1.165, 1.54) is 0 Å². The van der Waals surface area contributed by atoms with E-state index in [0.29, 0.717) is 21.9 Å². The summed E-state index contributed by atoms with van der Waals surface area (Å²) >= 11 is 6.07. The van der Waals surface area contributed by atoms with Crippen LogP contribution in [0.15, 0.2) is 42.5 Å². The number of hydrogen-bond acceptors (Lipinski definition) is 3. The van der Waals surface area contributed by atoms with Crippen molar-refractivity contribution < 1.29 is 0 Å². The molecule has 5 heteroatoms. The minimum Gasteiger partial charge on any atom is -0.281 e. The summed E-state index contributed by atoms with van der Waals surface area (Å²) in [7, 11) is 0. The van der Waals surface area contributed by atoms with Crippen LogP contribution in [0.4, 0.5) is 0 Å². The van der Waals surface area contributed by atoms with E-state index in [4.69, 9.17) is 11.6 Å². The van der Waals surface area contributed by atoms with Crippen LogP contribution in [0.1, 0.15) is 5.69 Å². The summed E-state index contributed by atoms with van der Waals surface area (Å²) in [4.78, 5) is 0. The van der Waals surface area contributed by atoms with Crippen molar-refractivity contribution in [1.29, 1.82) is 5.26 Å². The molecule has 0 bridgehead atoms. The van der Waals surface area contributed by atoms with Crippen LogP contribution in [0.2, 0.25) is 5.02 Å². The fraction of sp³-hybridized carbons (Fsp3) is 0. The van der Waals surface area contributed by atoms with Crippen LogP contribution in [0, 0.1) is 11.3 Å². The largest absolute Gasteiger partial charge is 0.281 e. The van der Waals surface area contributed by atoms with Crippen LogP contribution in [0.3, 0.4) is 0 Å². The molecule has 0 radical (unpaired) electrons. The average molecular weight is 279 g/mol. The highest BCUT2D eigenvalue weighted by atomic mass is 35.5. The number of rotatable bonds is 0. The Hall–Kier alpha value is -2.64. The van der Waals surface area contributed by atoms with Crippen molar-refractivity contribution in [1.82, 2.24) is 14.6 Å². The summed E-state index contributed by atoms with van der Waals surface area (Å²) in [6.45, 7) is 0. The second-order valence-electron chi connectivity index (χ2n) is 4.50. The van der Waals surface area contributed by atoms with Gasteiger partial charge in [-0.2, -0.15) is 5.26 Å². The van der Waals surface area contributed by atoms with E-state index in [9.17, 15) is 5.26 Å². The predicted octanol–water partition coefficient (Wildman–Crippen LogP) is 3.56. The van der Waals surface area contributed by atoms with Crippen molar-refractivity contribution >= 4 is 39.1 Å². The molecule has 2 heterocycles. The van der Waals surface area contributed by atoms with Gasteiger partial charge in [0, 0.05) is 15.8 Å². The fourth-order valence-corrected chi connectivity index (χ4v) is 2.70. The second-order valence-corrected chi connectivity index (χ2v) is 4.93. The van der Waals surface area contributed by atoms with Gasteiger partial charge in [0.2, 0.25) is 0 Å². The molecule has 4 aromatic rings. The van der Waals surface area contributed by atoms with E-state index in [-0.39, 0.29) is 0 Å². The fourth-order valence-electron chi connectivity index (χ4n) is 2.54. The van der Waals surface area contributed by atoms with Gasteiger partial charge in [-0.1, -0.05) is 35.9 Å². The second kappa shape index (κ2) is 3.92. The maximum Gasteiger partial charge on any atom is 0.168 e. The molecule has 2 aromatic heterocycles. The van der Waals surface area contributed by atoms with Gasteiger partial charge in [-0.25, -0.2) is 0 Å². The minimum atomic E-state index is 0.553. The molecule has 94 valence electrons. The highest BCUT2D eigenvalue weighted by Crippen LogP contribution is 2.28. The molecule has 0 spiro atoms. The van der Waals surface area contributed by atoms with E-state index in [1.807, 2.05) is 28.7 Å². The highest BCUT2D eigenvalue weighted by molar-refractivity contribution is 6.31. The Balaban J connectivity index is 2.39. The third-order valence-corrected chi connectivity index (χ3v) is 3.63. The van der Waals surface area contributed by atoms with E-state index < -0.39 is 0 Å². The Bertz CT molecular complexity index is 1030. The number of fused-ring (bicyclic) bond motifs is 5. The van der Waals surface area contributed by atoms with Crippen molar-refractivity contribution in [3.8, 4) is 6.07 Å². The zero-order valence-corrected chi connectivity index (χ0v) is 11.0. The van der Waals surface area contributed by atoms with Crippen LogP contribution >= 0.6 is 11.6 Å². The van der Waals surface area contributed by atoms with Crippen molar-refractivity contribution in [2.24, 2.45) is 0 Å². The SMILES string of the molecule is N#Cc1c2ccccc2c2nnc3ccc(Cl)cc3n12. The topological polar surface area (TPSA) is 54.0 Å². The molecule has 2 aromatic carbocycles. The zero-order chi connectivity index (χ0) is 13.7. The molecule has 0 saturated carbocycles. The van der Waals surface area contributed by atoms with Gasteiger partial charge < -0.3 is 0 Å². The number of nitriles is 1. The lowest BCUT2D eigenvalue weighted by Crippen LogP contribution is -1.96. The molecule has 0 saturated heterocycles. The maximum absolute atomic E-state index is 9.50. The first-order valence-electron chi connectivity index (χ1n) is 6.05. The zero-order valence-electron chi connectivity index (χ0n) is 10.2. The van der Waals surface area contributed by atoms with E-state index in [2.05, 4.69) is 16.3 Å². The summed E-state index contributed by atoms with van der Waals surface area (Å²) < 4.78 is 1.82. The molecule has 0 amide bonds. The van der Waals surface area contributed by atoms with Gasteiger partial charge in [-0.05, 0) is 18.2 Å². The number of nitrogens with zero attached hydrogens (tertiary/aromatic N) is 4. The van der Waals surface area contributed by atoms with E-state index >= 15 is 0 Å². The molecular formula is C15H7ClN4. The molecule has 0 N–H and O–H groups in total. The number of aromatic nitrogens is 3. The molecule has 0 aliphatic rings. The predicted molar refractivity (Wildman–Crippen MR) is 77.7 cm³/mol. The Labute approximate surface area is 118 Å². The Morgan fingerprint density at radius 3 is 2.65 bits per heavy atom. The van der Waals surface area contributed by atoms with E-state index in [1.54, 1.807) is 18.2 Å². The minimum absolute atomic E-state index is 0.553. The Morgan fingerprint density at radius 1 is 1.05 bits per heavy atom. The van der Waals surface area contributed by atoms with Crippen LogP contribution < -0.4 is 0 Å². The number of halogens is 1. The van der Waals surface area contributed by atoms with Gasteiger partial charge in [0.15, 0.2) is 5.65 Å². The van der Waals surface area contributed by atoms with Gasteiger partial charge in [0.05, 0.1) is 5.52 Å². The van der Waals surface area contributed by atoms with Gasteiger partial charge in [-0.3, -0.25) is 4.40 Å². The van der Waals surface area contributed by atoms with E-state index in [0.717, 1.165) is 16.3 Å². The van der Waals surface area contributed by atoms with Gasteiger partial charge in [0.25, 0.3) is 0 Å². The summed E-state index contributed by atoms with van der Waals surface area (Å²) in [6.07, 6.45) is 0. The molecule has 0 atom stereocenters. The Morgan fingerprint density at radius 2 is 1.85 bits per heavy atom. The molecular weight excluding hydrogens is 272 g/mol. The summed E-state index contributed by atoms with van der Waals surface area (Å²) in [5.41, 5.74) is 2.72. The lowest BCUT2D eigenvalue weighted by molar-refractivity contribution is 1.04. The van der Waals surface area contributed by atoms with Crippen LogP contribution in [0.5, 0.6) is 0 Å². The molecule has 4 nitrogen and oxygen atoms in total. The monoisotopic (exact) mass is 278 g/mol. The lowest BCUT2D eigenvalue weighted by Gasteiger charge is -2.02. The maximum atomic E-state index is 9.50. The Kier molecular flexibility index (Phi) is 2.20. The van der Waals surface area contributed by atoms with Gasteiger partial charge in [0.1, 0.15) is 17.3 Å². The average Bonchev–Trinajstić information content (AvgIpc) is 2.81. The standard InChI is InChI=1S/C15H7ClN4/c16-9-5-6-12-13(7-9)20-14(8-17)10-3-1-2-4-11(10)15(20)19-18-12/h1-7H. The number of benzene rings is 2. The van der Waals surface area contributed by atoms with Crippen molar-refractivity contribution in [3.05, 3.63) is 53.2 Å². The molecule has 0 unspecified atom stereocenters. The highest BCUT2D eigenvalue weighted by Gasteiger charge is 2.15. The molecule has 0 aliphatic carbocycles. The van der Waals surface area contributed by atoms with Crippen LogP contribution in [-0.4, -0.2) is 14.6 Å². The first kappa shape index (κ1) is 11.2. The van der Waals surface area contributed by atoms with Crippen LogP contribution in [-0.2, 0) is 0 Å². The molecule has 4 rings (SSSR count). The number of hydrogen-bond donors (Lipinski definition) is 0. The van der Waals surface area contributed by atoms with Gasteiger partial charge >= 0.3 is 0 Å². The third kappa shape index (κ3) is 1.35. The smallest absolute Gasteiger partial charge is 0.168 e. The lowest BCUT2D eigenvalue weighted by atomic mass is 10.2. The summed E-state index contributed by atoms with van der Waals surface area (Å²) in [5.74, 6) is 0. The quantitative estimate of drug-likeness (QED) is 0.494. The normalized spacial score (nSPS) is 11.2. The summed E-state index contributed by atoms with van der Waals surface area (Å²) in [5, 5.41) is 20.4. The van der Waals surface area contributed by atoms with Crippen molar-refractivity contribution in [3.63, 3.8) is 0 Å². The summed E-state index contributed by atoms with van der Waals surface area (Å²) in [6, 6.07) is 15.3. The first-order valence-corrected chi connectivity index (χ1v) is 6.42. The molecule has 0 fully saturated rings. The van der Waals surface area contributed by atoms with Crippen LogP contribution in [0.25, 0.3) is 27.5 Å². The molecule has 0 aliphatic heterocycles. The molecule has 20 heavy (non-hydrogen) atoms. The van der Waals surface area contributed by atoms with Crippen molar-refractivity contribution in [2.45, 2.75) is 0 Å².